The average Bonchev–Trinajstić information content (AvgIpc) is 3.12. The number of benzene rings is 1. The molecule has 0 bridgehead atoms. The van der Waals surface area contributed by atoms with E-state index < -0.39 is 6.03 Å². The zero-order valence-electron chi connectivity index (χ0n) is 14.8. The van der Waals surface area contributed by atoms with E-state index in [1.54, 1.807) is 12.1 Å². The number of furan rings is 1. The Balaban J connectivity index is 1.76. The lowest BCUT2D eigenvalue weighted by Gasteiger charge is -2.33. The van der Waals surface area contributed by atoms with Gasteiger partial charge in [-0.2, -0.15) is 0 Å². The van der Waals surface area contributed by atoms with Gasteiger partial charge in [-0.25, -0.2) is 4.79 Å². The lowest BCUT2D eigenvalue weighted by molar-refractivity contribution is -0.121. The van der Waals surface area contributed by atoms with E-state index in [9.17, 15) is 9.59 Å². The number of nitrogens with one attached hydrogen (secondary N) is 3. The van der Waals surface area contributed by atoms with Crippen molar-refractivity contribution in [3.63, 3.8) is 0 Å². The first-order valence-electron chi connectivity index (χ1n) is 8.28. The van der Waals surface area contributed by atoms with E-state index >= 15 is 0 Å². The molecule has 0 spiro atoms. The second-order valence-electron chi connectivity index (χ2n) is 6.49. The Kier molecular flexibility index (Phi) is 6.22. The molecule has 1 aromatic heterocycles. The van der Waals surface area contributed by atoms with Gasteiger partial charge in [-0.05, 0) is 24.6 Å². The molecule has 3 amide bonds. The highest BCUT2D eigenvalue weighted by Crippen LogP contribution is 2.26. The third-order valence-electron chi connectivity index (χ3n) is 4.39. The van der Waals surface area contributed by atoms with Gasteiger partial charge in [0.25, 0.3) is 0 Å². The third-order valence-corrected chi connectivity index (χ3v) is 4.39. The Morgan fingerprint density at radius 3 is 2.44 bits per heavy atom. The van der Waals surface area contributed by atoms with E-state index in [0.717, 1.165) is 5.56 Å². The second-order valence-corrected chi connectivity index (χ2v) is 6.49. The monoisotopic (exact) mass is 343 g/mol. The van der Waals surface area contributed by atoms with Gasteiger partial charge in [0.1, 0.15) is 5.76 Å². The van der Waals surface area contributed by atoms with E-state index in [1.807, 2.05) is 37.3 Å². The standard InChI is InChI=1S/C19H25N3O3/c1-14(19(2,3)15-8-5-4-6-9-15)22-17(23)13-21-18(24)20-12-16-10-7-11-25-16/h4-11,14H,12-13H2,1-3H3,(H,22,23)(H2,20,21,24)/t14-/m1/s1. The summed E-state index contributed by atoms with van der Waals surface area (Å²) in [4.78, 5) is 23.8. The topological polar surface area (TPSA) is 83.4 Å². The van der Waals surface area contributed by atoms with Crippen LogP contribution in [0.1, 0.15) is 32.1 Å². The fourth-order valence-corrected chi connectivity index (χ4v) is 2.39. The van der Waals surface area contributed by atoms with Gasteiger partial charge in [0.05, 0.1) is 19.4 Å². The van der Waals surface area contributed by atoms with Crippen LogP contribution in [-0.4, -0.2) is 24.5 Å². The highest BCUT2D eigenvalue weighted by atomic mass is 16.3. The van der Waals surface area contributed by atoms with E-state index in [4.69, 9.17) is 4.42 Å². The Labute approximate surface area is 148 Å². The van der Waals surface area contributed by atoms with Gasteiger partial charge in [-0.1, -0.05) is 44.2 Å². The first-order valence-corrected chi connectivity index (χ1v) is 8.28. The lowest BCUT2D eigenvalue weighted by Crippen LogP contribution is -2.49. The number of hydrogen-bond donors (Lipinski definition) is 3. The molecule has 0 fully saturated rings. The predicted octanol–water partition coefficient (Wildman–Crippen LogP) is 2.56. The summed E-state index contributed by atoms with van der Waals surface area (Å²) >= 11 is 0. The summed E-state index contributed by atoms with van der Waals surface area (Å²) in [6.07, 6.45) is 1.54. The molecule has 1 heterocycles. The maximum Gasteiger partial charge on any atom is 0.315 e. The molecule has 0 aliphatic carbocycles. The molecule has 2 aromatic rings. The summed E-state index contributed by atoms with van der Waals surface area (Å²) in [5.74, 6) is 0.419. The van der Waals surface area contributed by atoms with Crippen molar-refractivity contribution in [1.82, 2.24) is 16.0 Å². The average molecular weight is 343 g/mol. The van der Waals surface area contributed by atoms with Gasteiger partial charge in [-0.3, -0.25) is 4.79 Å². The highest BCUT2D eigenvalue weighted by Gasteiger charge is 2.28. The summed E-state index contributed by atoms with van der Waals surface area (Å²) in [6, 6.07) is 13.0. The Morgan fingerprint density at radius 2 is 1.80 bits per heavy atom. The summed E-state index contributed by atoms with van der Waals surface area (Å²) in [7, 11) is 0. The van der Waals surface area contributed by atoms with Crippen LogP contribution in [0.25, 0.3) is 0 Å². The van der Waals surface area contributed by atoms with Gasteiger partial charge < -0.3 is 20.4 Å². The van der Waals surface area contributed by atoms with E-state index in [2.05, 4.69) is 29.8 Å². The number of amides is 3. The summed E-state index contributed by atoms with van der Waals surface area (Å²) in [5.41, 5.74) is 0.922. The molecule has 0 radical (unpaired) electrons. The van der Waals surface area contributed by atoms with Crippen molar-refractivity contribution in [1.29, 1.82) is 0 Å². The number of carbonyl (C=O) groups excluding carboxylic acids is 2. The van der Waals surface area contributed by atoms with Gasteiger partial charge in [0.15, 0.2) is 0 Å². The fourth-order valence-electron chi connectivity index (χ4n) is 2.39. The molecule has 1 atom stereocenters. The van der Waals surface area contributed by atoms with Crippen LogP contribution in [0.4, 0.5) is 4.79 Å². The molecule has 1 aromatic carbocycles. The quantitative estimate of drug-likeness (QED) is 0.722. The van der Waals surface area contributed by atoms with Gasteiger partial charge in [-0.15, -0.1) is 0 Å². The van der Waals surface area contributed by atoms with E-state index in [1.165, 1.54) is 6.26 Å². The van der Waals surface area contributed by atoms with Crippen molar-refractivity contribution < 1.29 is 14.0 Å². The van der Waals surface area contributed by atoms with Crippen molar-refractivity contribution in [3.05, 3.63) is 60.1 Å². The number of rotatable bonds is 7. The molecule has 6 nitrogen and oxygen atoms in total. The zero-order chi connectivity index (χ0) is 18.3. The van der Waals surface area contributed by atoms with Crippen molar-refractivity contribution in [2.45, 2.75) is 38.8 Å². The number of hydrogen-bond acceptors (Lipinski definition) is 3. The largest absolute Gasteiger partial charge is 0.467 e. The molecule has 25 heavy (non-hydrogen) atoms. The van der Waals surface area contributed by atoms with Crippen LogP contribution >= 0.6 is 0 Å². The minimum Gasteiger partial charge on any atom is -0.467 e. The van der Waals surface area contributed by atoms with Crippen LogP contribution in [-0.2, 0) is 16.8 Å². The van der Waals surface area contributed by atoms with Crippen LogP contribution in [0, 0.1) is 0 Å². The van der Waals surface area contributed by atoms with E-state index in [-0.39, 0.29) is 30.5 Å². The SMILES string of the molecule is C[C@@H](NC(=O)CNC(=O)NCc1ccco1)C(C)(C)c1ccccc1. The molecule has 0 aliphatic heterocycles. The zero-order valence-corrected chi connectivity index (χ0v) is 14.8. The maximum absolute atomic E-state index is 12.1. The second kappa shape index (κ2) is 8.37. The van der Waals surface area contributed by atoms with Gasteiger partial charge >= 0.3 is 6.03 Å². The molecule has 134 valence electrons. The molecular weight excluding hydrogens is 318 g/mol. The smallest absolute Gasteiger partial charge is 0.315 e. The molecule has 0 aliphatic rings. The van der Waals surface area contributed by atoms with Crippen LogP contribution in [0.2, 0.25) is 0 Å². The van der Waals surface area contributed by atoms with Crippen molar-refractivity contribution in [3.8, 4) is 0 Å². The first-order chi connectivity index (χ1) is 11.9. The minimum atomic E-state index is -0.415. The summed E-state index contributed by atoms with van der Waals surface area (Å²) < 4.78 is 5.12. The molecule has 2 rings (SSSR count). The van der Waals surface area contributed by atoms with Crippen molar-refractivity contribution >= 4 is 11.9 Å². The first kappa shape index (κ1) is 18.6. The Hall–Kier alpha value is -2.76. The molecular formula is C19H25N3O3. The normalized spacial score (nSPS) is 12.3. The number of urea groups is 1. The van der Waals surface area contributed by atoms with Crippen LogP contribution in [0.3, 0.4) is 0 Å². The fraction of sp³-hybridized carbons (Fsp3) is 0.368. The molecule has 0 saturated heterocycles. The third kappa shape index (κ3) is 5.38. The van der Waals surface area contributed by atoms with Crippen LogP contribution in [0.5, 0.6) is 0 Å². The summed E-state index contributed by atoms with van der Waals surface area (Å²) in [5, 5.41) is 8.11. The molecule has 3 N–H and O–H groups in total. The van der Waals surface area contributed by atoms with Crippen molar-refractivity contribution in [2.75, 3.05) is 6.54 Å². The molecule has 6 heteroatoms. The summed E-state index contributed by atoms with van der Waals surface area (Å²) in [6.45, 7) is 6.31. The van der Waals surface area contributed by atoms with Gasteiger partial charge in [0.2, 0.25) is 5.91 Å². The Bertz CT molecular complexity index is 681. The van der Waals surface area contributed by atoms with Gasteiger partial charge in [0, 0.05) is 11.5 Å². The Morgan fingerprint density at radius 1 is 1.08 bits per heavy atom. The lowest BCUT2D eigenvalue weighted by atomic mass is 9.78. The van der Waals surface area contributed by atoms with Crippen LogP contribution < -0.4 is 16.0 Å². The molecule has 0 unspecified atom stereocenters. The number of carbonyl (C=O) groups is 2. The minimum absolute atomic E-state index is 0.0841. The predicted molar refractivity (Wildman–Crippen MR) is 96.0 cm³/mol. The maximum atomic E-state index is 12.1. The van der Waals surface area contributed by atoms with E-state index in [0.29, 0.717) is 5.76 Å². The highest BCUT2D eigenvalue weighted by molar-refractivity contribution is 5.84. The van der Waals surface area contributed by atoms with Crippen LogP contribution in [0.15, 0.2) is 53.1 Å². The van der Waals surface area contributed by atoms with Crippen molar-refractivity contribution in [2.24, 2.45) is 0 Å². The molecule has 0 saturated carbocycles.